The Morgan fingerprint density at radius 2 is 2.04 bits per heavy atom. The molecule has 0 saturated heterocycles. The predicted molar refractivity (Wildman–Crippen MR) is 96.5 cm³/mol. The number of aryl methyl sites for hydroxylation is 2. The van der Waals surface area contributed by atoms with Crippen molar-refractivity contribution in [2.45, 2.75) is 45.6 Å². The summed E-state index contributed by atoms with van der Waals surface area (Å²) in [6.07, 6.45) is 5.33. The molecule has 1 fully saturated rings. The van der Waals surface area contributed by atoms with Crippen LogP contribution in [0.3, 0.4) is 0 Å². The first kappa shape index (κ1) is 15.8. The molecule has 3 aromatic rings. The second-order valence-corrected chi connectivity index (χ2v) is 6.68. The number of nitrogens with zero attached hydrogens (tertiary/aromatic N) is 3. The van der Waals surface area contributed by atoms with Gasteiger partial charge in [-0.2, -0.15) is 0 Å². The monoisotopic (exact) mass is 335 g/mol. The van der Waals surface area contributed by atoms with E-state index in [1.54, 1.807) is 6.20 Å². The van der Waals surface area contributed by atoms with Crippen molar-refractivity contribution in [3.05, 3.63) is 53.5 Å². The zero-order valence-corrected chi connectivity index (χ0v) is 14.5. The van der Waals surface area contributed by atoms with Gasteiger partial charge in [0, 0.05) is 23.2 Å². The summed E-state index contributed by atoms with van der Waals surface area (Å²) in [7, 11) is 0. The molecular weight excluding hydrogens is 314 g/mol. The molecule has 0 radical (unpaired) electrons. The summed E-state index contributed by atoms with van der Waals surface area (Å²) in [5.41, 5.74) is 3.46. The summed E-state index contributed by atoms with van der Waals surface area (Å²) in [6, 6.07) is 10.2. The Bertz CT molecular complexity index is 903. The highest BCUT2D eigenvalue weighted by molar-refractivity contribution is 6.03. The summed E-state index contributed by atoms with van der Waals surface area (Å²) in [6.45, 7) is 3.74. The molecule has 0 N–H and O–H groups in total. The Morgan fingerprint density at radius 1 is 1.24 bits per heavy atom. The van der Waals surface area contributed by atoms with Gasteiger partial charge in [0.05, 0.1) is 23.3 Å². The van der Waals surface area contributed by atoms with Gasteiger partial charge in [-0.3, -0.25) is 9.78 Å². The second kappa shape index (κ2) is 6.31. The molecule has 1 aromatic carbocycles. The van der Waals surface area contributed by atoms with E-state index < -0.39 is 0 Å². The number of pyridine rings is 1. The van der Waals surface area contributed by atoms with Gasteiger partial charge < -0.3 is 9.42 Å². The lowest BCUT2D eigenvalue weighted by Gasteiger charge is -2.38. The quantitative estimate of drug-likeness (QED) is 0.724. The van der Waals surface area contributed by atoms with Gasteiger partial charge in [0.2, 0.25) is 5.91 Å². The second-order valence-electron chi connectivity index (χ2n) is 6.68. The molecule has 5 heteroatoms. The van der Waals surface area contributed by atoms with Crippen molar-refractivity contribution in [3.63, 3.8) is 0 Å². The van der Waals surface area contributed by atoms with Gasteiger partial charge in [0.1, 0.15) is 5.76 Å². The number of anilines is 1. The van der Waals surface area contributed by atoms with Gasteiger partial charge in [-0.1, -0.05) is 23.4 Å². The van der Waals surface area contributed by atoms with Crippen LogP contribution in [-0.2, 0) is 11.2 Å². The topological polar surface area (TPSA) is 59.2 Å². The molecular formula is C20H21N3O2. The van der Waals surface area contributed by atoms with Gasteiger partial charge in [-0.25, -0.2) is 0 Å². The summed E-state index contributed by atoms with van der Waals surface area (Å²) >= 11 is 0. The smallest absolute Gasteiger partial charge is 0.231 e. The van der Waals surface area contributed by atoms with E-state index in [9.17, 15) is 4.79 Å². The Morgan fingerprint density at radius 3 is 2.72 bits per heavy atom. The highest BCUT2D eigenvalue weighted by Crippen LogP contribution is 2.34. The number of hydrogen-bond acceptors (Lipinski definition) is 4. The third-order valence-electron chi connectivity index (χ3n) is 5.09. The first-order valence-electron chi connectivity index (χ1n) is 8.72. The van der Waals surface area contributed by atoms with Crippen LogP contribution in [0, 0.1) is 13.8 Å². The fourth-order valence-electron chi connectivity index (χ4n) is 3.45. The van der Waals surface area contributed by atoms with Crippen LogP contribution >= 0.6 is 0 Å². The fraction of sp³-hybridized carbons (Fsp3) is 0.350. The molecule has 5 nitrogen and oxygen atoms in total. The minimum atomic E-state index is 0.0808. The lowest BCUT2D eigenvalue weighted by Crippen LogP contribution is -2.45. The van der Waals surface area contributed by atoms with Crippen molar-refractivity contribution in [1.82, 2.24) is 10.1 Å². The van der Waals surface area contributed by atoms with E-state index in [0.717, 1.165) is 52.9 Å². The molecule has 0 atom stereocenters. The molecule has 128 valence electrons. The number of fused-ring (bicyclic) bond motifs is 1. The number of carbonyl (C=O) groups excluding carboxylic acids is 1. The Balaban J connectivity index is 1.74. The van der Waals surface area contributed by atoms with Crippen LogP contribution in [0.4, 0.5) is 5.69 Å². The lowest BCUT2D eigenvalue weighted by atomic mass is 9.90. The van der Waals surface area contributed by atoms with Crippen LogP contribution in [0.25, 0.3) is 10.9 Å². The molecule has 25 heavy (non-hydrogen) atoms. The zero-order valence-electron chi connectivity index (χ0n) is 14.5. The van der Waals surface area contributed by atoms with E-state index in [-0.39, 0.29) is 11.9 Å². The van der Waals surface area contributed by atoms with Gasteiger partial charge in [-0.15, -0.1) is 0 Å². The van der Waals surface area contributed by atoms with Crippen molar-refractivity contribution in [3.8, 4) is 0 Å². The number of hydrogen-bond donors (Lipinski definition) is 0. The minimum Gasteiger partial charge on any atom is -0.361 e. The van der Waals surface area contributed by atoms with E-state index in [1.165, 1.54) is 0 Å². The molecule has 1 aliphatic rings. The molecule has 1 saturated carbocycles. The highest BCUT2D eigenvalue weighted by atomic mass is 16.5. The number of para-hydroxylation sites is 1. The van der Waals surface area contributed by atoms with Crippen molar-refractivity contribution in [2.75, 3.05) is 4.90 Å². The van der Waals surface area contributed by atoms with E-state index >= 15 is 0 Å². The van der Waals surface area contributed by atoms with Crippen LogP contribution in [0.1, 0.15) is 36.3 Å². The average Bonchev–Trinajstić information content (AvgIpc) is 2.89. The fourth-order valence-corrected chi connectivity index (χ4v) is 3.45. The zero-order chi connectivity index (χ0) is 17.4. The standard InChI is InChI=1S/C20H21N3O2/c1-13-17(14(2)25-22-13)12-19(24)23(16-8-4-9-16)18-10-3-6-15-7-5-11-21-20(15)18/h3,5-7,10-11,16H,4,8-9,12H2,1-2H3. The molecule has 2 aromatic heterocycles. The van der Waals surface area contributed by atoms with Gasteiger partial charge in [0.15, 0.2) is 0 Å². The van der Waals surface area contributed by atoms with Gasteiger partial charge in [0.25, 0.3) is 0 Å². The summed E-state index contributed by atoms with van der Waals surface area (Å²) in [5.74, 6) is 0.799. The molecule has 1 amide bonds. The van der Waals surface area contributed by atoms with Gasteiger partial charge in [-0.05, 0) is 45.2 Å². The van der Waals surface area contributed by atoms with E-state index in [1.807, 2.05) is 49.1 Å². The molecule has 4 rings (SSSR count). The third kappa shape index (κ3) is 2.80. The van der Waals surface area contributed by atoms with Crippen LogP contribution in [-0.4, -0.2) is 22.1 Å². The number of carbonyl (C=O) groups is 1. The van der Waals surface area contributed by atoms with E-state index in [0.29, 0.717) is 6.42 Å². The van der Waals surface area contributed by atoms with Crippen molar-refractivity contribution >= 4 is 22.5 Å². The van der Waals surface area contributed by atoms with Crippen LogP contribution in [0.5, 0.6) is 0 Å². The van der Waals surface area contributed by atoms with Crippen molar-refractivity contribution in [2.24, 2.45) is 0 Å². The third-order valence-corrected chi connectivity index (χ3v) is 5.09. The average molecular weight is 335 g/mol. The van der Waals surface area contributed by atoms with Gasteiger partial charge >= 0.3 is 0 Å². The number of aromatic nitrogens is 2. The molecule has 2 heterocycles. The predicted octanol–water partition coefficient (Wildman–Crippen LogP) is 3.97. The maximum atomic E-state index is 13.2. The maximum absolute atomic E-state index is 13.2. The first-order valence-corrected chi connectivity index (χ1v) is 8.72. The largest absolute Gasteiger partial charge is 0.361 e. The van der Waals surface area contributed by atoms with E-state index in [4.69, 9.17) is 4.52 Å². The molecule has 0 aliphatic heterocycles. The summed E-state index contributed by atoms with van der Waals surface area (Å²) in [5, 5.41) is 5.02. The van der Waals surface area contributed by atoms with Crippen LogP contribution in [0.2, 0.25) is 0 Å². The molecule has 0 unspecified atom stereocenters. The number of benzene rings is 1. The van der Waals surface area contributed by atoms with Crippen molar-refractivity contribution in [1.29, 1.82) is 0 Å². The Hall–Kier alpha value is -2.69. The molecule has 0 bridgehead atoms. The van der Waals surface area contributed by atoms with E-state index in [2.05, 4.69) is 10.1 Å². The molecule has 1 aliphatic carbocycles. The number of amides is 1. The normalized spacial score (nSPS) is 14.5. The summed E-state index contributed by atoms with van der Waals surface area (Å²) in [4.78, 5) is 19.7. The highest BCUT2D eigenvalue weighted by Gasteiger charge is 2.32. The SMILES string of the molecule is Cc1noc(C)c1CC(=O)N(c1cccc2cccnc12)C1CCC1. The number of rotatable bonds is 4. The Labute approximate surface area is 146 Å². The lowest BCUT2D eigenvalue weighted by molar-refractivity contribution is -0.118. The van der Waals surface area contributed by atoms with Crippen LogP contribution < -0.4 is 4.90 Å². The molecule has 0 spiro atoms. The summed E-state index contributed by atoms with van der Waals surface area (Å²) < 4.78 is 5.22. The Kier molecular flexibility index (Phi) is 3.99. The van der Waals surface area contributed by atoms with Crippen LogP contribution in [0.15, 0.2) is 41.1 Å². The maximum Gasteiger partial charge on any atom is 0.231 e. The minimum absolute atomic E-state index is 0.0808. The first-order chi connectivity index (χ1) is 12.1. The van der Waals surface area contributed by atoms with Crippen molar-refractivity contribution < 1.29 is 9.32 Å².